The lowest BCUT2D eigenvalue weighted by Gasteiger charge is -2.07. The van der Waals surface area contributed by atoms with E-state index in [1.165, 1.54) is 18.2 Å². The van der Waals surface area contributed by atoms with Crippen molar-refractivity contribution < 1.29 is 9.13 Å². The Balaban J connectivity index is 2.13. The van der Waals surface area contributed by atoms with Crippen LogP contribution in [0.25, 0.3) is 0 Å². The molecule has 0 radical (unpaired) electrons. The van der Waals surface area contributed by atoms with Gasteiger partial charge in [-0.05, 0) is 12.1 Å². The number of rotatable bonds is 4. The quantitative estimate of drug-likeness (QED) is 0.845. The fraction of sp³-hybridized carbons (Fsp3) is 0.167. The van der Waals surface area contributed by atoms with Gasteiger partial charge >= 0.3 is 0 Å². The molecule has 0 unspecified atom stereocenters. The highest BCUT2D eigenvalue weighted by molar-refractivity contribution is 5.23. The molecule has 0 fully saturated rings. The molecule has 0 spiro atoms. The molecule has 94 valence electrons. The number of ether oxygens (including phenoxy) is 1. The highest BCUT2D eigenvalue weighted by Crippen LogP contribution is 2.16. The molecule has 5 nitrogen and oxygen atoms in total. The van der Waals surface area contributed by atoms with Crippen LogP contribution >= 0.6 is 0 Å². The predicted molar refractivity (Wildman–Crippen MR) is 63.5 cm³/mol. The van der Waals surface area contributed by atoms with Crippen LogP contribution in [0, 0.1) is 5.82 Å². The molecule has 0 aliphatic rings. The predicted octanol–water partition coefficient (Wildman–Crippen LogP) is 0.947. The summed E-state index contributed by atoms with van der Waals surface area (Å²) in [4.78, 5) is 17.8. The Hall–Kier alpha value is -2.21. The first kappa shape index (κ1) is 12.3. The maximum absolute atomic E-state index is 13.3. The van der Waals surface area contributed by atoms with Crippen molar-refractivity contribution in [1.82, 2.24) is 9.97 Å². The molecule has 0 aliphatic carbocycles. The third-order valence-electron chi connectivity index (χ3n) is 2.25. The molecular weight excluding hydrogens is 237 g/mol. The van der Waals surface area contributed by atoms with Crippen molar-refractivity contribution in [2.75, 3.05) is 0 Å². The Bertz CT molecular complexity index is 598. The van der Waals surface area contributed by atoms with Gasteiger partial charge in [0.1, 0.15) is 12.4 Å². The van der Waals surface area contributed by atoms with Gasteiger partial charge in [0.2, 0.25) is 0 Å². The van der Waals surface area contributed by atoms with Crippen molar-refractivity contribution in [3.63, 3.8) is 0 Å². The number of aromatic amines is 1. The van der Waals surface area contributed by atoms with Crippen LogP contribution in [0.3, 0.4) is 0 Å². The normalized spacial score (nSPS) is 10.3. The largest absolute Gasteiger partial charge is 0.483 e. The average Bonchev–Trinajstić information content (AvgIpc) is 2.37. The summed E-state index contributed by atoms with van der Waals surface area (Å²) in [5.74, 6) is -0.0423. The summed E-state index contributed by atoms with van der Waals surface area (Å²) in [6, 6.07) is 7.33. The first-order valence-corrected chi connectivity index (χ1v) is 5.35. The highest BCUT2D eigenvalue weighted by atomic mass is 19.1. The van der Waals surface area contributed by atoms with Crippen LogP contribution in [0.4, 0.5) is 4.39 Å². The second-order valence-electron chi connectivity index (χ2n) is 3.61. The fourth-order valence-corrected chi connectivity index (χ4v) is 1.44. The van der Waals surface area contributed by atoms with Crippen LogP contribution in [0.5, 0.6) is 5.75 Å². The summed E-state index contributed by atoms with van der Waals surface area (Å²) in [6.07, 6.45) is 0. The van der Waals surface area contributed by atoms with Crippen molar-refractivity contribution in [3.8, 4) is 5.75 Å². The Kier molecular flexibility index (Phi) is 3.69. The Morgan fingerprint density at radius 3 is 2.89 bits per heavy atom. The zero-order valence-electron chi connectivity index (χ0n) is 9.52. The highest BCUT2D eigenvalue weighted by Gasteiger charge is 2.04. The van der Waals surface area contributed by atoms with Gasteiger partial charge in [0, 0.05) is 12.6 Å². The van der Waals surface area contributed by atoms with E-state index in [4.69, 9.17) is 10.5 Å². The van der Waals surface area contributed by atoms with Gasteiger partial charge in [0.15, 0.2) is 11.6 Å². The van der Waals surface area contributed by atoms with Crippen molar-refractivity contribution in [1.29, 1.82) is 0 Å². The molecule has 0 saturated carbocycles. The summed E-state index contributed by atoms with van der Waals surface area (Å²) >= 11 is 0. The monoisotopic (exact) mass is 249 g/mol. The minimum atomic E-state index is -0.463. The molecule has 6 heteroatoms. The van der Waals surface area contributed by atoms with Crippen molar-refractivity contribution in [2.45, 2.75) is 13.2 Å². The van der Waals surface area contributed by atoms with E-state index in [-0.39, 0.29) is 24.5 Å². The topological polar surface area (TPSA) is 81.0 Å². The fourth-order valence-electron chi connectivity index (χ4n) is 1.44. The lowest BCUT2D eigenvalue weighted by molar-refractivity contribution is 0.280. The molecular formula is C12H12FN3O2. The number of aromatic nitrogens is 2. The maximum Gasteiger partial charge on any atom is 0.251 e. The SMILES string of the molecule is NCc1cc(=O)[nH]c(COc2ccccc2F)n1. The lowest BCUT2D eigenvalue weighted by Crippen LogP contribution is -2.16. The molecule has 1 aromatic heterocycles. The molecule has 1 heterocycles. The zero-order valence-corrected chi connectivity index (χ0v) is 9.52. The number of hydrogen-bond donors (Lipinski definition) is 2. The summed E-state index contributed by atoms with van der Waals surface area (Å²) in [7, 11) is 0. The van der Waals surface area contributed by atoms with E-state index < -0.39 is 5.82 Å². The van der Waals surface area contributed by atoms with Crippen molar-refractivity contribution in [2.24, 2.45) is 5.73 Å². The van der Waals surface area contributed by atoms with Gasteiger partial charge in [-0.25, -0.2) is 9.37 Å². The molecule has 0 atom stereocenters. The number of nitrogens with two attached hydrogens (primary N) is 1. The lowest BCUT2D eigenvalue weighted by atomic mass is 10.3. The van der Waals surface area contributed by atoms with E-state index in [2.05, 4.69) is 9.97 Å². The number of nitrogens with zero attached hydrogens (tertiary/aromatic N) is 1. The summed E-state index contributed by atoms with van der Waals surface area (Å²) in [5, 5.41) is 0. The Labute approximate surface area is 102 Å². The first-order chi connectivity index (χ1) is 8.69. The minimum Gasteiger partial charge on any atom is -0.483 e. The van der Waals surface area contributed by atoms with Gasteiger partial charge in [-0.3, -0.25) is 4.79 Å². The van der Waals surface area contributed by atoms with Gasteiger partial charge in [0.25, 0.3) is 5.56 Å². The second-order valence-corrected chi connectivity index (χ2v) is 3.61. The second kappa shape index (κ2) is 5.42. The van der Waals surface area contributed by atoms with Crippen LogP contribution in [-0.4, -0.2) is 9.97 Å². The van der Waals surface area contributed by atoms with Gasteiger partial charge in [-0.2, -0.15) is 0 Å². The number of halogens is 1. The van der Waals surface area contributed by atoms with Gasteiger partial charge in [-0.1, -0.05) is 12.1 Å². The number of H-pyrrole nitrogens is 1. The van der Waals surface area contributed by atoms with Crippen LogP contribution in [0.1, 0.15) is 11.5 Å². The van der Waals surface area contributed by atoms with Gasteiger partial charge in [0.05, 0.1) is 5.69 Å². The zero-order chi connectivity index (χ0) is 13.0. The molecule has 1 aromatic carbocycles. The maximum atomic E-state index is 13.3. The smallest absolute Gasteiger partial charge is 0.251 e. The number of hydrogen-bond acceptors (Lipinski definition) is 4. The van der Waals surface area contributed by atoms with Gasteiger partial charge < -0.3 is 15.5 Å². The third-order valence-corrected chi connectivity index (χ3v) is 2.25. The third kappa shape index (κ3) is 2.92. The summed E-state index contributed by atoms with van der Waals surface area (Å²) in [6.45, 7) is 0.140. The van der Waals surface area contributed by atoms with Crippen LogP contribution in [-0.2, 0) is 13.2 Å². The molecule has 18 heavy (non-hydrogen) atoms. The van der Waals surface area contributed by atoms with E-state index in [9.17, 15) is 9.18 Å². The molecule has 2 aromatic rings. The molecule has 0 saturated heterocycles. The van der Waals surface area contributed by atoms with Crippen LogP contribution in [0.2, 0.25) is 0 Å². The van der Waals surface area contributed by atoms with E-state index in [0.717, 1.165) is 0 Å². The molecule has 0 bridgehead atoms. The summed E-state index contributed by atoms with van der Waals surface area (Å²) < 4.78 is 18.5. The first-order valence-electron chi connectivity index (χ1n) is 5.35. The summed E-state index contributed by atoms with van der Waals surface area (Å²) in [5.41, 5.74) is 5.56. The molecule has 0 aliphatic heterocycles. The van der Waals surface area contributed by atoms with Gasteiger partial charge in [-0.15, -0.1) is 0 Å². The average molecular weight is 249 g/mol. The number of nitrogens with one attached hydrogen (secondary N) is 1. The number of benzene rings is 1. The molecule has 2 rings (SSSR count). The Morgan fingerprint density at radius 2 is 2.17 bits per heavy atom. The van der Waals surface area contributed by atoms with E-state index in [1.54, 1.807) is 12.1 Å². The van der Waals surface area contributed by atoms with E-state index in [0.29, 0.717) is 11.5 Å². The molecule has 0 amide bonds. The minimum absolute atomic E-state index is 0.0238. The van der Waals surface area contributed by atoms with Crippen LogP contribution in [0.15, 0.2) is 35.1 Å². The van der Waals surface area contributed by atoms with Crippen molar-refractivity contribution in [3.05, 3.63) is 58.0 Å². The van der Waals surface area contributed by atoms with Crippen LogP contribution < -0.4 is 16.0 Å². The Morgan fingerprint density at radius 1 is 1.39 bits per heavy atom. The van der Waals surface area contributed by atoms with E-state index >= 15 is 0 Å². The van der Waals surface area contributed by atoms with Crippen molar-refractivity contribution >= 4 is 0 Å². The van der Waals surface area contributed by atoms with E-state index in [1.807, 2.05) is 0 Å². The number of para-hydroxylation sites is 1. The molecule has 3 N–H and O–H groups in total. The standard InChI is InChI=1S/C12H12FN3O2/c13-9-3-1-2-4-10(9)18-7-11-15-8(6-14)5-12(17)16-11/h1-5H,6-7,14H2,(H,15,16,17).